The Morgan fingerprint density at radius 2 is 1.50 bits per heavy atom. The van der Waals surface area contributed by atoms with Crippen molar-refractivity contribution in [2.75, 3.05) is 6.61 Å². The number of hydrogen-bond donors (Lipinski definition) is 0. The molecule has 0 saturated carbocycles. The molecule has 0 fully saturated rings. The normalized spacial score (nSPS) is 10.7. The largest absolute Gasteiger partial charge is 0.456 e. The summed E-state index contributed by atoms with van der Waals surface area (Å²) in [6.45, 7) is -0.406. The second-order valence-corrected chi connectivity index (χ2v) is 6.26. The van der Waals surface area contributed by atoms with Crippen LogP contribution < -0.4 is 0 Å². The van der Waals surface area contributed by atoms with Crippen LogP contribution in [0, 0.1) is 0 Å². The van der Waals surface area contributed by atoms with Gasteiger partial charge in [0.25, 0.3) is 0 Å². The molecular formula is C22H17N3O3. The number of nitrogens with zero attached hydrogens (tertiary/aromatic N) is 3. The minimum Gasteiger partial charge on any atom is -0.456 e. The Balaban J connectivity index is 1.35. The predicted molar refractivity (Wildman–Crippen MR) is 105 cm³/mol. The SMILES string of the molecule is O=C(Cn1nnc2ccccc21)OCC(=O)c1ccc(-c2ccccc2)cc1. The van der Waals surface area contributed by atoms with Gasteiger partial charge in [-0.2, -0.15) is 0 Å². The van der Waals surface area contributed by atoms with E-state index in [1.165, 1.54) is 4.68 Å². The zero-order valence-electron chi connectivity index (χ0n) is 15.0. The van der Waals surface area contributed by atoms with Crippen molar-refractivity contribution in [3.05, 3.63) is 84.4 Å². The number of Topliss-reactive ketones (excluding diaryl/α,β-unsaturated/α-hetero) is 1. The number of ether oxygens (including phenoxy) is 1. The maximum absolute atomic E-state index is 12.3. The fourth-order valence-corrected chi connectivity index (χ4v) is 2.91. The van der Waals surface area contributed by atoms with Crippen LogP contribution in [0.15, 0.2) is 78.9 Å². The smallest absolute Gasteiger partial charge is 0.328 e. The van der Waals surface area contributed by atoms with Crippen molar-refractivity contribution >= 4 is 22.8 Å². The van der Waals surface area contributed by atoms with Crippen molar-refractivity contribution in [3.63, 3.8) is 0 Å². The molecule has 4 rings (SSSR count). The van der Waals surface area contributed by atoms with Gasteiger partial charge < -0.3 is 4.74 Å². The van der Waals surface area contributed by atoms with Crippen LogP contribution >= 0.6 is 0 Å². The number of benzene rings is 3. The molecule has 4 aromatic rings. The molecule has 0 N–H and O–H groups in total. The summed E-state index contributed by atoms with van der Waals surface area (Å²) in [6.07, 6.45) is 0. The van der Waals surface area contributed by atoms with E-state index in [9.17, 15) is 9.59 Å². The van der Waals surface area contributed by atoms with Gasteiger partial charge in [0.1, 0.15) is 12.1 Å². The fraction of sp³-hybridized carbons (Fsp3) is 0.0909. The molecule has 0 aliphatic rings. The molecule has 28 heavy (non-hydrogen) atoms. The van der Waals surface area contributed by atoms with Gasteiger partial charge in [0.05, 0.1) is 5.52 Å². The monoisotopic (exact) mass is 371 g/mol. The van der Waals surface area contributed by atoms with E-state index in [2.05, 4.69) is 10.3 Å². The number of esters is 1. The van der Waals surface area contributed by atoms with Gasteiger partial charge in [-0.3, -0.25) is 9.59 Å². The zero-order valence-corrected chi connectivity index (χ0v) is 15.0. The molecule has 0 spiro atoms. The van der Waals surface area contributed by atoms with E-state index in [4.69, 9.17) is 4.74 Å². The van der Waals surface area contributed by atoms with Gasteiger partial charge in [0.2, 0.25) is 0 Å². The molecule has 0 saturated heterocycles. The van der Waals surface area contributed by atoms with Crippen molar-refractivity contribution in [1.82, 2.24) is 15.0 Å². The third-order valence-electron chi connectivity index (χ3n) is 4.38. The molecular weight excluding hydrogens is 354 g/mol. The lowest BCUT2D eigenvalue weighted by atomic mass is 10.0. The topological polar surface area (TPSA) is 74.1 Å². The van der Waals surface area contributed by atoms with Crippen molar-refractivity contribution in [3.8, 4) is 11.1 Å². The highest BCUT2D eigenvalue weighted by molar-refractivity contribution is 5.98. The molecule has 0 atom stereocenters. The molecule has 0 amide bonds. The van der Waals surface area contributed by atoms with Gasteiger partial charge in [-0.1, -0.05) is 71.9 Å². The molecule has 1 heterocycles. The predicted octanol–water partition coefficient (Wildman–Crippen LogP) is 3.52. The molecule has 6 nitrogen and oxygen atoms in total. The molecule has 6 heteroatoms. The van der Waals surface area contributed by atoms with Gasteiger partial charge in [-0.15, -0.1) is 5.10 Å². The van der Waals surface area contributed by atoms with Crippen molar-refractivity contribution in [2.45, 2.75) is 6.54 Å². The summed E-state index contributed by atoms with van der Waals surface area (Å²) in [6, 6.07) is 24.5. The highest BCUT2D eigenvalue weighted by atomic mass is 16.5. The van der Waals surface area contributed by atoms with Crippen molar-refractivity contribution in [1.29, 1.82) is 0 Å². The van der Waals surface area contributed by atoms with Crippen LogP contribution in [0.1, 0.15) is 10.4 Å². The zero-order chi connectivity index (χ0) is 19.3. The van der Waals surface area contributed by atoms with E-state index >= 15 is 0 Å². The summed E-state index contributed by atoms with van der Waals surface area (Å²) >= 11 is 0. The lowest BCUT2D eigenvalue weighted by Crippen LogP contribution is -2.19. The molecule has 3 aromatic carbocycles. The maximum atomic E-state index is 12.3. The number of fused-ring (bicyclic) bond motifs is 1. The van der Waals surface area contributed by atoms with Crippen LogP contribution in [0.2, 0.25) is 0 Å². The maximum Gasteiger partial charge on any atom is 0.328 e. The first-order valence-corrected chi connectivity index (χ1v) is 8.83. The number of aromatic nitrogens is 3. The number of ketones is 1. The van der Waals surface area contributed by atoms with Crippen LogP contribution in [-0.2, 0) is 16.1 Å². The summed E-state index contributed by atoms with van der Waals surface area (Å²) in [5, 5.41) is 7.93. The van der Waals surface area contributed by atoms with E-state index < -0.39 is 5.97 Å². The third-order valence-corrected chi connectivity index (χ3v) is 4.38. The molecule has 0 unspecified atom stereocenters. The summed E-state index contributed by atoms with van der Waals surface area (Å²) in [4.78, 5) is 24.4. The minimum atomic E-state index is -0.537. The number of hydrogen-bond acceptors (Lipinski definition) is 5. The summed E-state index contributed by atoms with van der Waals surface area (Å²) in [5.41, 5.74) is 4.03. The number of carbonyl (C=O) groups excluding carboxylic acids is 2. The summed E-state index contributed by atoms with van der Waals surface area (Å²) in [5.74, 6) is -0.790. The molecule has 1 aromatic heterocycles. The first kappa shape index (κ1) is 17.6. The van der Waals surface area contributed by atoms with Crippen LogP contribution in [-0.4, -0.2) is 33.4 Å². The first-order valence-electron chi connectivity index (χ1n) is 8.83. The molecule has 0 radical (unpaired) electrons. The molecule has 0 bridgehead atoms. The van der Waals surface area contributed by atoms with Crippen molar-refractivity contribution in [2.24, 2.45) is 0 Å². The third kappa shape index (κ3) is 3.81. The molecule has 0 aliphatic heterocycles. The Morgan fingerprint density at radius 3 is 2.29 bits per heavy atom. The molecule has 138 valence electrons. The van der Waals surface area contributed by atoms with Gasteiger partial charge in [0, 0.05) is 5.56 Å². The van der Waals surface area contributed by atoms with E-state index in [-0.39, 0.29) is 18.9 Å². The van der Waals surface area contributed by atoms with E-state index in [1.807, 2.05) is 66.7 Å². The van der Waals surface area contributed by atoms with Gasteiger partial charge in [0.15, 0.2) is 12.4 Å². The average Bonchev–Trinajstić information content (AvgIpc) is 3.15. The average molecular weight is 371 g/mol. The Labute approximate surface area is 161 Å². The minimum absolute atomic E-state index is 0.0965. The Hall–Kier alpha value is -3.80. The fourth-order valence-electron chi connectivity index (χ4n) is 2.91. The van der Waals surface area contributed by atoms with Gasteiger partial charge >= 0.3 is 5.97 Å². The van der Waals surface area contributed by atoms with Crippen LogP contribution in [0.3, 0.4) is 0 Å². The number of rotatable bonds is 6. The van der Waals surface area contributed by atoms with E-state index in [0.717, 1.165) is 16.6 Å². The van der Waals surface area contributed by atoms with Crippen LogP contribution in [0.5, 0.6) is 0 Å². The summed E-state index contributed by atoms with van der Waals surface area (Å²) in [7, 11) is 0. The van der Waals surface area contributed by atoms with Crippen LogP contribution in [0.4, 0.5) is 0 Å². The highest BCUT2D eigenvalue weighted by Crippen LogP contribution is 2.19. The van der Waals surface area contributed by atoms with Gasteiger partial charge in [-0.05, 0) is 23.3 Å². The Kier molecular flexibility index (Phi) is 4.93. The van der Waals surface area contributed by atoms with Crippen molar-refractivity contribution < 1.29 is 14.3 Å². The first-order chi connectivity index (χ1) is 13.7. The lowest BCUT2D eigenvalue weighted by molar-refractivity contribution is -0.143. The number of para-hydroxylation sites is 1. The Morgan fingerprint density at radius 1 is 0.821 bits per heavy atom. The highest BCUT2D eigenvalue weighted by Gasteiger charge is 2.13. The molecule has 0 aliphatic carbocycles. The Bertz CT molecular complexity index is 1120. The summed E-state index contributed by atoms with van der Waals surface area (Å²) < 4.78 is 6.57. The van der Waals surface area contributed by atoms with E-state index in [1.54, 1.807) is 12.1 Å². The quantitative estimate of drug-likeness (QED) is 0.383. The van der Waals surface area contributed by atoms with E-state index in [0.29, 0.717) is 11.1 Å². The second-order valence-electron chi connectivity index (χ2n) is 6.26. The standard InChI is InChI=1S/C22H17N3O3/c26-21(18-12-10-17(11-13-18)16-6-2-1-3-7-16)15-28-22(27)14-25-20-9-5-4-8-19(20)23-24-25/h1-13H,14-15H2. The second kappa shape index (κ2) is 7.84. The van der Waals surface area contributed by atoms with Gasteiger partial charge in [-0.25, -0.2) is 4.68 Å². The lowest BCUT2D eigenvalue weighted by Gasteiger charge is -2.06. The van der Waals surface area contributed by atoms with Crippen LogP contribution in [0.25, 0.3) is 22.2 Å². The number of carbonyl (C=O) groups is 2.